The van der Waals surface area contributed by atoms with Crippen LogP contribution in [0.4, 0.5) is 0 Å². The van der Waals surface area contributed by atoms with Gasteiger partial charge < -0.3 is 5.32 Å². The van der Waals surface area contributed by atoms with Gasteiger partial charge in [-0.05, 0) is 45.7 Å². The van der Waals surface area contributed by atoms with E-state index in [1.807, 2.05) is 11.5 Å². The first-order chi connectivity index (χ1) is 13.5. The zero-order valence-electron chi connectivity index (χ0n) is 16.3. The molecule has 1 N–H and O–H groups in total. The second-order valence-corrected chi connectivity index (χ2v) is 8.69. The van der Waals surface area contributed by atoms with Gasteiger partial charge in [-0.25, -0.2) is 0 Å². The van der Waals surface area contributed by atoms with Gasteiger partial charge >= 0.3 is 0 Å². The Labute approximate surface area is 169 Å². The first-order valence-electron chi connectivity index (χ1n) is 9.58. The maximum Gasteiger partial charge on any atom is 0.233 e. The van der Waals surface area contributed by atoms with Crippen molar-refractivity contribution in [3.8, 4) is 17.1 Å². The standard InChI is InChI=1S/C22H24N4OS/c1-14-4-8-17(9-5-14)20-24-25-22(26(20)19-12-6-15(2)7-13-19)28-16(3)21(27)23-18-10-11-18/h4-9,12-13,16,18H,10-11H2,1-3H3,(H,23,27)/t16-/m1/s1. The summed E-state index contributed by atoms with van der Waals surface area (Å²) in [5.41, 5.74) is 4.38. The van der Waals surface area contributed by atoms with Crippen molar-refractivity contribution < 1.29 is 4.79 Å². The zero-order valence-corrected chi connectivity index (χ0v) is 17.2. The van der Waals surface area contributed by atoms with Gasteiger partial charge in [-0.2, -0.15) is 0 Å². The number of amides is 1. The van der Waals surface area contributed by atoms with E-state index in [9.17, 15) is 4.79 Å². The van der Waals surface area contributed by atoms with E-state index >= 15 is 0 Å². The lowest BCUT2D eigenvalue weighted by Gasteiger charge is -2.14. The molecular weight excluding hydrogens is 368 g/mol. The van der Waals surface area contributed by atoms with Crippen molar-refractivity contribution in [2.45, 2.75) is 50.1 Å². The molecule has 2 aromatic carbocycles. The lowest BCUT2D eigenvalue weighted by Crippen LogP contribution is -2.32. The molecule has 0 spiro atoms. The second kappa shape index (κ2) is 7.80. The fraction of sp³-hybridized carbons (Fsp3) is 0.318. The summed E-state index contributed by atoms with van der Waals surface area (Å²) in [4.78, 5) is 12.4. The molecule has 4 rings (SSSR count). The number of rotatable bonds is 6. The van der Waals surface area contributed by atoms with Crippen molar-refractivity contribution in [1.29, 1.82) is 0 Å². The highest BCUT2D eigenvalue weighted by molar-refractivity contribution is 8.00. The van der Waals surface area contributed by atoms with Crippen molar-refractivity contribution in [2.24, 2.45) is 0 Å². The molecule has 0 radical (unpaired) electrons. The third kappa shape index (κ3) is 4.12. The summed E-state index contributed by atoms with van der Waals surface area (Å²) in [7, 11) is 0. The third-order valence-corrected chi connectivity index (χ3v) is 5.85. The monoisotopic (exact) mass is 392 g/mol. The van der Waals surface area contributed by atoms with Crippen LogP contribution in [0.2, 0.25) is 0 Å². The summed E-state index contributed by atoms with van der Waals surface area (Å²) in [5, 5.41) is 12.4. The van der Waals surface area contributed by atoms with Crippen LogP contribution in [0, 0.1) is 13.8 Å². The molecule has 0 saturated heterocycles. The molecule has 1 aromatic heterocycles. The Hall–Kier alpha value is -2.60. The predicted octanol–water partition coefficient (Wildman–Crippen LogP) is 4.31. The molecule has 1 aliphatic carbocycles. The molecule has 1 fully saturated rings. The zero-order chi connectivity index (χ0) is 19.7. The van der Waals surface area contributed by atoms with Crippen molar-refractivity contribution in [1.82, 2.24) is 20.1 Å². The Morgan fingerprint density at radius 1 is 1.04 bits per heavy atom. The van der Waals surface area contributed by atoms with Gasteiger partial charge in [-0.15, -0.1) is 10.2 Å². The van der Waals surface area contributed by atoms with Gasteiger partial charge in [0.15, 0.2) is 11.0 Å². The molecular formula is C22H24N4OS. The van der Waals surface area contributed by atoms with E-state index in [-0.39, 0.29) is 11.2 Å². The van der Waals surface area contributed by atoms with Crippen LogP contribution >= 0.6 is 11.8 Å². The van der Waals surface area contributed by atoms with Crippen LogP contribution in [0.25, 0.3) is 17.1 Å². The Balaban J connectivity index is 1.70. The number of nitrogens with one attached hydrogen (secondary N) is 1. The van der Waals surface area contributed by atoms with Crippen LogP contribution in [0.5, 0.6) is 0 Å². The summed E-state index contributed by atoms with van der Waals surface area (Å²) in [6.45, 7) is 6.05. The number of thioether (sulfide) groups is 1. The Kier molecular flexibility index (Phi) is 5.22. The highest BCUT2D eigenvalue weighted by atomic mass is 32.2. The van der Waals surface area contributed by atoms with Crippen LogP contribution in [-0.4, -0.2) is 32.0 Å². The average molecular weight is 393 g/mol. The summed E-state index contributed by atoms with van der Waals surface area (Å²) in [6.07, 6.45) is 2.17. The van der Waals surface area contributed by atoms with Gasteiger partial charge in [0, 0.05) is 17.3 Å². The van der Waals surface area contributed by atoms with E-state index in [4.69, 9.17) is 0 Å². The number of carbonyl (C=O) groups is 1. The van der Waals surface area contributed by atoms with Crippen molar-refractivity contribution in [2.75, 3.05) is 0 Å². The third-order valence-electron chi connectivity index (χ3n) is 4.81. The molecule has 0 aliphatic heterocycles. The van der Waals surface area contributed by atoms with Crippen LogP contribution < -0.4 is 5.32 Å². The van der Waals surface area contributed by atoms with Crippen molar-refractivity contribution in [3.05, 3.63) is 59.7 Å². The molecule has 1 heterocycles. The molecule has 3 aromatic rings. The van der Waals surface area contributed by atoms with E-state index < -0.39 is 0 Å². The minimum Gasteiger partial charge on any atom is -0.352 e. The molecule has 28 heavy (non-hydrogen) atoms. The fourth-order valence-electron chi connectivity index (χ4n) is 2.92. The topological polar surface area (TPSA) is 59.8 Å². The smallest absolute Gasteiger partial charge is 0.233 e. The predicted molar refractivity (Wildman–Crippen MR) is 113 cm³/mol. The Morgan fingerprint density at radius 3 is 2.25 bits per heavy atom. The molecule has 1 saturated carbocycles. The second-order valence-electron chi connectivity index (χ2n) is 7.39. The van der Waals surface area contributed by atoms with Gasteiger partial charge in [0.1, 0.15) is 0 Å². The van der Waals surface area contributed by atoms with E-state index in [1.54, 1.807) is 0 Å². The van der Waals surface area contributed by atoms with Crippen molar-refractivity contribution >= 4 is 17.7 Å². The van der Waals surface area contributed by atoms with E-state index in [2.05, 4.69) is 77.9 Å². The summed E-state index contributed by atoms with van der Waals surface area (Å²) < 4.78 is 2.04. The molecule has 5 nitrogen and oxygen atoms in total. The fourth-order valence-corrected chi connectivity index (χ4v) is 3.80. The number of aryl methyl sites for hydroxylation is 2. The highest BCUT2D eigenvalue weighted by Crippen LogP contribution is 2.31. The van der Waals surface area contributed by atoms with Crippen LogP contribution in [0.3, 0.4) is 0 Å². The molecule has 1 aliphatic rings. The number of carbonyl (C=O) groups excluding carboxylic acids is 1. The molecule has 0 bridgehead atoms. The molecule has 0 unspecified atom stereocenters. The van der Waals surface area contributed by atoms with E-state index in [0.717, 1.165) is 35.1 Å². The number of aromatic nitrogens is 3. The Morgan fingerprint density at radius 2 is 1.64 bits per heavy atom. The first-order valence-corrected chi connectivity index (χ1v) is 10.5. The van der Waals surface area contributed by atoms with Gasteiger partial charge in [0.05, 0.1) is 5.25 Å². The number of hydrogen-bond donors (Lipinski definition) is 1. The maximum atomic E-state index is 12.4. The Bertz CT molecular complexity index is 975. The first kappa shape index (κ1) is 18.7. The van der Waals surface area contributed by atoms with Gasteiger partial charge in [-0.3, -0.25) is 9.36 Å². The highest BCUT2D eigenvalue weighted by Gasteiger charge is 2.27. The normalized spacial score (nSPS) is 14.7. The molecule has 1 atom stereocenters. The summed E-state index contributed by atoms with van der Waals surface area (Å²) in [6, 6.07) is 16.9. The quantitative estimate of drug-likeness (QED) is 0.635. The average Bonchev–Trinajstić information content (AvgIpc) is 3.41. The van der Waals surface area contributed by atoms with Gasteiger partial charge in [-0.1, -0.05) is 59.3 Å². The minimum absolute atomic E-state index is 0.0582. The van der Waals surface area contributed by atoms with Gasteiger partial charge in [0.2, 0.25) is 5.91 Å². The van der Waals surface area contributed by atoms with Crippen LogP contribution in [-0.2, 0) is 4.79 Å². The van der Waals surface area contributed by atoms with Crippen molar-refractivity contribution in [3.63, 3.8) is 0 Å². The lowest BCUT2D eigenvalue weighted by atomic mass is 10.1. The molecule has 6 heteroatoms. The molecule has 144 valence electrons. The lowest BCUT2D eigenvalue weighted by molar-refractivity contribution is -0.120. The van der Waals surface area contributed by atoms with Crippen LogP contribution in [0.15, 0.2) is 53.7 Å². The summed E-state index contributed by atoms with van der Waals surface area (Å²) in [5.74, 6) is 0.837. The number of hydrogen-bond acceptors (Lipinski definition) is 4. The minimum atomic E-state index is -0.236. The largest absolute Gasteiger partial charge is 0.352 e. The summed E-state index contributed by atoms with van der Waals surface area (Å²) >= 11 is 1.44. The number of nitrogens with zero attached hydrogens (tertiary/aromatic N) is 3. The number of benzene rings is 2. The SMILES string of the molecule is Cc1ccc(-c2nnc(S[C@H](C)C(=O)NC3CC3)n2-c2ccc(C)cc2)cc1. The van der Waals surface area contributed by atoms with Crippen LogP contribution in [0.1, 0.15) is 30.9 Å². The maximum absolute atomic E-state index is 12.4. The molecule has 1 amide bonds. The van der Waals surface area contributed by atoms with Gasteiger partial charge in [0.25, 0.3) is 0 Å². The van der Waals surface area contributed by atoms with E-state index in [1.165, 1.54) is 22.9 Å². The van der Waals surface area contributed by atoms with E-state index in [0.29, 0.717) is 6.04 Å².